The maximum absolute atomic E-state index is 6.67. The highest BCUT2D eigenvalue weighted by Crippen LogP contribution is 2.44. The summed E-state index contributed by atoms with van der Waals surface area (Å²) in [5.41, 5.74) is 10.8. The summed E-state index contributed by atoms with van der Waals surface area (Å²) in [7, 11) is 0. The summed E-state index contributed by atoms with van der Waals surface area (Å²) in [6.45, 7) is 5.23. The van der Waals surface area contributed by atoms with Crippen LogP contribution in [-0.4, -0.2) is 12.2 Å². The van der Waals surface area contributed by atoms with E-state index in [1.165, 1.54) is 48.8 Å². The smallest absolute Gasteiger partial charge is 0.0685 e. The Morgan fingerprint density at radius 1 is 1.19 bits per heavy atom. The number of nitrogens with two attached hydrogens (primary N) is 1. The van der Waals surface area contributed by atoms with Crippen LogP contribution in [0.2, 0.25) is 0 Å². The third-order valence-electron chi connectivity index (χ3n) is 5.60. The molecule has 1 spiro atoms. The van der Waals surface area contributed by atoms with Crippen molar-refractivity contribution >= 4 is 0 Å². The van der Waals surface area contributed by atoms with Gasteiger partial charge in [-0.1, -0.05) is 43.0 Å². The van der Waals surface area contributed by atoms with Crippen LogP contribution in [0.1, 0.15) is 67.7 Å². The van der Waals surface area contributed by atoms with E-state index in [9.17, 15) is 0 Å². The first-order valence-electron chi connectivity index (χ1n) is 8.56. The molecule has 116 valence electrons. The monoisotopic (exact) mass is 287 g/mol. The van der Waals surface area contributed by atoms with Crippen LogP contribution in [0.5, 0.6) is 0 Å². The fourth-order valence-corrected chi connectivity index (χ4v) is 4.29. The molecule has 2 fully saturated rings. The van der Waals surface area contributed by atoms with Crippen molar-refractivity contribution in [2.24, 2.45) is 11.7 Å². The van der Waals surface area contributed by atoms with Crippen LogP contribution in [0.3, 0.4) is 0 Å². The van der Waals surface area contributed by atoms with Crippen molar-refractivity contribution in [2.75, 3.05) is 6.61 Å². The van der Waals surface area contributed by atoms with E-state index in [1.807, 2.05) is 0 Å². The Kier molecular flexibility index (Phi) is 4.37. The lowest BCUT2D eigenvalue weighted by molar-refractivity contribution is -0.120. The van der Waals surface area contributed by atoms with Crippen molar-refractivity contribution in [3.8, 4) is 0 Å². The van der Waals surface area contributed by atoms with E-state index in [0.29, 0.717) is 5.92 Å². The van der Waals surface area contributed by atoms with Crippen molar-refractivity contribution in [3.05, 3.63) is 34.9 Å². The van der Waals surface area contributed by atoms with Gasteiger partial charge in [0, 0.05) is 12.6 Å². The third kappa shape index (κ3) is 3.17. The van der Waals surface area contributed by atoms with Crippen molar-refractivity contribution in [2.45, 2.75) is 70.4 Å². The molecule has 1 aromatic carbocycles. The zero-order valence-corrected chi connectivity index (χ0v) is 13.5. The molecule has 2 unspecified atom stereocenters. The Balaban J connectivity index is 1.77. The number of ether oxygens (including phenoxy) is 1. The average molecular weight is 287 g/mol. The summed E-state index contributed by atoms with van der Waals surface area (Å²) in [6.07, 6.45) is 8.76. The number of hydrogen-bond acceptors (Lipinski definition) is 2. The van der Waals surface area contributed by atoms with Gasteiger partial charge in [-0.15, -0.1) is 0 Å². The van der Waals surface area contributed by atoms with Gasteiger partial charge in [0.05, 0.1) is 5.60 Å². The van der Waals surface area contributed by atoms with Crippen LogP contribution >= 0.6 is 0 Å². The Morgan fingerprint density at radius 3 is 2.71 bits per heavy atom. The zero-order valence-electron chi connectivity index (χ0n) is 13.5. The van der Waals surface area contributed by atoms with E-state index in [0.717, 1.165) is 19.4 Å². The molecule has 0 bridgehead atoms. The molecule has 2 nitrogen and oxygen atoms in total. The molecule has 2 aliphatic rings. The predicted molar refractivity (Wildman–Crippen MR) is 87.3 cm³/mol. The maximum atomic E-state index is 6.67. The first-order chi connectivity index (χ1) is 10.1. The SMILES string of the molecule is Cc1ccc(C)c(C(N)C2CCOC3(CCCCC3)C2)c1. The van der Waals surface area contributed by atoms with E-state index < -0.39 is 0 Å². The normalized spacial score (nSPS) is 26.7. The van der Waals surface area contributed by atoms with Crippen molar-refractivity contribution in [1.82, 2.24) is 0 Å². The van der Waals surface area contributed by atoms with Gasteiger partial charge in [-0.3, -0.25) is 0 Å². The second-order valence-corrected chi connectivity index (χ2v) is 7.23. The van der Waals surface area contributed by atoms with E-state index in [2.05, 4.69) is 32.0 Å². The van der Waals surface area contributed by atoms with E-state index in [1.54, 1.807) is 0 Å². The lowest BCUT2D eigenvalue weighted by atomic mass is 9.73. The molecule has 0 amide bonds. The lowest BCUT2D eigenvalue weighted by Crippen LogP contribution is -2.44. The maximum Gasteiger partial charge on any atom is 0.0685 e. The van der Waals surface area contributed by atoms with Gasteiger partial charge in [0.1, 0.15) is 0 Å². The topological polar surface area (TPSA) is 35.2 Å². The molecule has 3 rings (SSSR count). The van der Waals surface area contributed by atoms with Crippen molar-refractivity contribution in [1.29, 1.82) is 0 Å². The van der Waals surface area contributed by atoms with Crippen molar-refractivity contribution < 1.29 is 4.74 Å². The highest BCUT2D eigenvalue weighted by Gasteiger charge is 2.40. The van der Waals surface area contributed by atoms with Gasteiger partial charge in [-0.25, -0.2) is 0 Å². The molecule has 1 aliphatic carbocycles. The minimum Gasteiger partial charge on any atom is -0.375 e. The molecule has 1 heterocycles. The molecule has 1 saturated heterocycles. The summed E-state index contributed by atoms with van der Waals surface area (Å²) in [5, 5.41) is 0. The molecule has 0 aromatic heterocycles. The second-order valence-electron chi connectivity index (χ2n) is 7.23. The molecule has 21 heavy (non-hydrogen) atoms. The summed E-state index contributed by atoms with van der Waals surface area (Å²) in [4.78, 5) is 0. The summed E-state index contributed by atoms with van der Waals surface area (Å²) in [6, 6.07) is 6.83. The van der Waals surface area contributed by atoms with Crippen LogP contribution in [-0.2, 0) is 4.74 Å². The fourth-order valence-electron chi connectivity index (χ4n) is 4.29. The Hall–Kier alpha value is -0.860. The van der Waals surface area contributed by atoms with E-state index in [-0.39, 0.29) is 11.6 Å². The second kappa shape index (κ2) is 6.10. The summed E-state index contributed by atoms with van der Waals surface area (Å²) < 4.78 is 6.22. The largest absolute Gasteiger partial charge is 0.375 e. The zero-order chi connectivity index (χ0) is 14.9. The average Bonchev–Trinajstić information content (AvgIpc) is 2.50. The van der Waals surface area contributed by atoms with E-state index >= 15 is 0 Å². The Bertz CT molecular complexity index is 485. The molecule has 1 saturated carbocycles. The Labute approximate surface area is 129 Å². The van der Waals surface area contributed by atoms with Gasteiger partial charge in [-0.2, -0.15) is 0 Å². The van der Waals surface area contributed by atoms with Gasteiger partial charge in [-0.05, 0) is 56.6 Å². The summed E-state index contributed by atoms with van der Waals surface area (Å²) >= 11 is 0. The molecule has 2 atom stereocenters. The predicted octanol–water partition coefficient (Wildman–Crippen LogP) is 4.43. The molecule has 0 radical (unpaired) electrons. The van der Waals surface area contributed by atoms with Crippen LogP contribution < -0.4 is 5.73 Å². The van der Waals surface area contributed by atoms with Crippen LogP contribution in [0.25, 0.3) is 0 Å². The quantitative estimate of drug-likeness (QED) is 0.873. The number of aryl methyl sites for hydroxylation is 2. The Morgan fingerprint density at radius 2 is 1.95 bits per heavy atom. The number of hydrogen-bond donors (Lipinski definition) is 1. The first kappa shape index (κ1) is 15.1. The standard InChI is InChI=1S/C19H29NO/c1-14-6-7-15(2)17(12-14)18(20)16-8-11-21-19(13-16)9-4-3-5-10-19/h6-7,12,16,18H,3-5,8-11,13,20H2,1-2H3. The van der Waals surface area contributed by atoms with Crippen molar-refractivity contribution in [3.63, 3.8) is 0 Å². The van der Waals surface area contributed by atoms with Crippen LogP contribution in [0.15, 0.2) is 18.2 Å². The van der Waals surface area contributed by atoms with Gasteiger partial charge in [0.25, 0.3) is 0 Å². The van der Waals surface area contributed by atoms with Gasteiger partial charge in [0.15, 0.2) is 0 Å². The molecule has 1 aromatic rings. The summed E-state index contributed by atoms with van der Waals surface area (Å²) in [5.74, 6) is 0.567. The first-order valence-corrected chi connectivity index (χ1v) is 8.56. The van der Waals surface area contributed by atoms with Gasteiger partial charge in [0.2, 0.25) is 0 Å². The third-order valence-corrected chi connectivity index (χ3v) is 5.60. The molecule has 1 aliphatic heterocycles. The molecular formula is C19H29NO. The number of benzene rings is 1. The molecular weight excluding hydrogens is 258 g/mol. The number of rotatable bonds is 2. The lowest BCUT2D eigenvalue weighted by Gasteiger charge is -2.45. The fraction of sp³-hybridized carbons (Fsp3) is 0.684. The minimum atomic E-state index is 0.149. The van der Waals surface area contributed by atoms with E-state index in [4.69, 9.17) is 10.5 Å². The van der Waals surface area contributed by atoms with Gasteiger partial charge >= 0.3 is 0 Å². The molecule has 2 heteroatoms. The minimum absolute atomic E-state index is 0.149. The van der Waals surface area contributed by atoms with Crippen LogP contribution in [0.4, 0.5) is 0 Å². The van der Waals surface area contributed by atoms with Gasteiger partial charge < -0.3 is 10.5 Å². The highest BCUT2D eigenvalue weighted by atomic mass is 16.5. The highest BCUT2D eigenvalue weighted by molar-refractivity contribution is 5.33. The molecule has 2 N–H and O–H groups in total. The van der Waals surface area contributed by atoms with Crippen LogP contribution in [0, 0.1) is 19.8 Å².